The van der Waals surface area contributed by atoms with Gasteiger partial charge >= 0.3 is 0 Å². The average molecular weight is 466 g/mol. The van der Waals surface area contributed by atoms with Crippen LogP contribution in [0.1, 0.15) is 18.1 Å². The summed E-state index contributed by atoms with van der Waals surface area (Å²) in [6, 6.07) is 15.6. The van der Waals surface area contributed by atoms with E-state index in [9.17, 15) is 18.0 Å². The molecule has 0 aliphatic heterocycles. The second kappa shape index (κ2) is 11.3. The smallest absolute Gasteiger partial charge is 0.243 e. The molecule has 0 radical (unpaired) electrons. The molecular weight excluding hydrogens is 438 g/mol. The van der Waals surface area contributed by atoms with Crippen molar-refractivity contribution in [1.82, 2.24) is 14.5 Å². The zero-order valence-corrected chi connectivity index (χ0v) is 19.5. The molecule has 0 aliphatic carbocycles. The molecule has 2 aromatic carbocycles. The Bertz CT molecular complexity index is 982. The molecule has 0 unspecified atom stereocenters. The van der Waals surface area contributed by atoms with Gasteiger partial charge < -0.3 is 10.2 Å². The first-order valence-electron chi connectivity index (χ1n) is 9.88. The van der Waals surface area contributed by atoms with E-state index in [4.69, 9.17) is 11.6 Å². The van der Waals surface area contributed by atoms with Crippen LogP contribution in [-0.2, 0) is 32.6 Å². The highest BCUT2D eigenvalue weighted by atomic mass is 35.5. The second-order valence-corrected chi connectivity index (χ2v) is 9.79. The van der Waals surface area contributed by atoms with Crippen molar-refractivity contribution >= 4 is 33.4 Å². The number of sulfonamides is 1. The summed E-state index contributed by atoms with van der Waals surface area (Å²) in [5, 5.41) is 3.35. The van der Waals surface area contributed by atoms with Crippen molar-refractivity contribution in [1.29, 1.82) is 0 Å². The molecule has 2 aromatic rings. The summed E-state index contributed by atoms with van der Waals surface area (Å²) < 4.78 is 24.7. The third-order valence-corrected chi connectivity index (χ3v) is 6.33. The minimum atomic E-state index is -3.56. The van der Waals surface area contributed by atoms with Crippen LogP contribution >= 0.6 is 11.6 Å². The summed E-state index contributed by atoms with van der Waals surface area (Å²) in [5.74, 6) is -0.759. The number of carbonyl (C=O) groups is 2. The van der Waals surface area contributed by atoms with Crippen LogP contribution in [0.4, 0.5) is 0 Å². The number of benzene rings is 2. The molecule has 0 saturated heterocycles. The summed E-state index contributed by atoms with van der Waals surface area (Å²) >= 11 is 5.97. The Morgan fingerprint density at radius 1 is 1.03 bits per heavy atom. The predicted octanol–water partition coefficient (Wildman–Crippen LogP) is 2.31. The minimum Gasteiger partial charge on any atom is -0.355 e. The van der Waals surface area contributed by atoms with Gasteiger partial charge in [0.05, 0.1) is 12.8 Å². The van der Waals surface area contributed by atoms with Crippen LogP contribution in [0, 0.1) is 0 Å². The van der Waals surface area contributed by atoms with E-state index in [2.05, 4.69) is 5.32 Å². The Kier molecular flexibility index (Phi) is 9.03. The van der Waals surface area contributed by atoms with Crippen LogP contribution in [0.2, 0.25) is 5.02 Å². The number of hydrogen-bond acceptors (Lipinski definition) is 4. The Hall–Kier alpha value is -2.42. The largest absolute Gasteiger partial charge is 0.355 e. The molecule has 2 amide bonds. The van der Waals surface area contributed by atoms with Crippen molar-refractivity contribution in [3.63, 3.8) is 0 Å². The third-order valence-electron chi connectivity index (χ3n) is 4.81. The van der Waals surface area contributed by atoms with Crippen molar-refractivity contribution in [2.75, 3.05) is 26.4 Å². The van der Waals surface area contributed by atoms with Gasteiger partial charge in [0.1, 0.15) is 6.04 Å². The molecule has 1 N–H and O–H groups in total. The summed E-state index contributed by atoms with van der Waals surface area (Å²) in [6.07, 6.45) is 1.34. The highest BCUT2D eigenvalue weighted by Crippen LogP contribution is 2.17. The number of rotatable bonds is 10. The fourth-order valence-corrected chi connectivity index (χ4v) is 3.50. The molecule has 2 rings (SSSR count). The van der Waals surface area contributed by atoms with Crippen molar-refractivity contribution in [2.45, 2.75) is 25.9 Å². The van der Waals surface area contributed by atoms with E-state index in [1.165, 1.54) is 11.9 Å². The Labute approximate surface area is 189 Å². The molecule has 0 saturated carbocycles. The fourth-order valence-electron chi connectivity index (χ4n) is 3.03. The molecule has 1 atom stereocenters. The van der Waals surface area contributed by atoms with Gasteiger partial charge in [-0.1, -0.05) is 54.1 Å². The van der Waals surface area contributed by atoms with Gasteiger partial charge in [0.2, 0.25) is 21.8 Å². The van der Waals surface area contributed by atoms with Crippen LogP contribution in [0.25, 0.3) is 0 Å². The van der Waals surface area contributed by atoms with Crippen molar-refractivity contribution in [2.24, 2.45) is 0 Å². The lowest BCUT2D eigenvalue weighted by atomic mass is 10.0. The van der Waals surface area contributed by atoms with Gasteiger partial charge in [0, 0.05) is 31.6 Å². The number of amides is 2. The first-order valence-corrected chi connectivity index (χ1v) is 12.1. The maximum Gasteiger partial charge on any atom is 0.243 e. The van der Waals surface area contributed by atoms with Gasteiger partial charge in [0.25, 0.3) is 0 Å². The summed E-state index contributed by atoms with van der Waals surface area (Å²) in [5.41, 5.74) is 1.67. The maximum atomic E-state index is 13.2. The van der Waals surface area contributed by atoms with E-state index in [1.54, 1.807) is 31.2 Å². The summed E-state index contributed by atoms with van der Waals surface area (Å²) in [7, 11) is -2.22. The van der Waals surface area contributed by atoms with Crippen LogP contribution in [0.5, 0.6) is 0 Å². The standard InChI is InChI=1S/C22H28ClN3O4S/c1-4-24-22(28)20(14-17-8-6-5-7-9-17)26(15-18-10-12-19(23)13-11-18)21(27)16-25(2)31(3,29)30/h5-13,20H,4,14-16H2,1-3H3,(H,24,28)/t20-/m0/s1. The first kappa shape index (κ1) is 24.8. The topological polar surface area (TPSA) is 86.8 Å². The maximum absolute atomic E-state index is 13.2. The summed E-state index contributed by atoms with van der Waals surface area (Å²) in [4.78, 5) is 27.6. The molecule has 168 valence electrons. The number of halogens is 1. The lowest BCUT2D eigenvalue weighted by Crippen LogP contribution is -2.52. The molecule has 9 heteroatoms. The van der Waals surface area contributed by atoms with Gasteiger partial charge in [-0.25, -0.2) is 8.42 Å². The van der Waals surface area contributed by atoms with Crippen molar-refractivity contribution in [3.05, 3.63) is 70.7 Å². The Morgan fingerprint density at radius 3 is 2.19 bits per heavy atom. The monoisotopic (exact) mass is 465 g/mol. The van der Waals surface area contributed by atoms with Gasteiger partial charge in [-0.15, -0.1) is 0 Å². The molecule has 0 bridgehead atoms. The summed E-state index contributed by atoms with van der Waals surface area (Å²) in [6.45, 7) is 2.00. The molecule has 0 heterocycles. The Morgan fingerprint density at radius 2 is 1.65 bits per heavy atom. The van der Waals surface area contributed by atoms with Crippen molar-refractivity contribution in [3.8, 4) is 0 Å². The van der Waals surface area contributed by atoms with Gasteiger partial charge in [-0.2, -0.15) is 4.31 Å². The predicted molar refractivity (Wildman–Crippen MR) is 122 cm³/mol. The third kappa shape index (κ3) is 7.65. The minimum absolute atomic E-state index is 0.141. The molecule has 7 nitrogen and oxygen atoms in total. The lowest BCUT2D eigenvalue weighted by Gasteiger charge is -2.32. The normalized spacial score (nSPS) is 12.4. The molecular formula is C22H28ClN3O4S. The van der Waals surface area contributed by atoms with Crippen LogP contribution < -0.4 is 5.32 Å². The first-order chi connectivity index (χ1) is 14.6. The van der Waals surface area contributed by atoms with E-state index >= 15 is 0 Å². The number of nitrogens with one attached hydrogen (secondary N) is 1. The highest BCUT2D eigenvalue weighted by Gasteiger charge is 2.31. The number of hydrogen-bond donors (Lipinski definition) is 1. The Balaban J connectivity index is 2.41. The van der Waals surface area contributed by atoms with Crippen molar-refractivity contribution < 1.29 is 18.0 Å². The van der Waals surface area contributed by atoms with E-state index in [0.29, 0.717) is 18.0 Å². The quantitative estimate of drug-likeness (QED) is 0.583. The zero-order valence-electron chi connectivity index (χ0n) is 17.9. The van der Waals surface area contributed by atoms with E-state index in [1.807, 2.05) is 30.3 Å². The van der Waals surface area contributed by atoms with Gasteiger partial charge in [0.15, 0.2) is 0 Å². The van der Waals surface area contributed by atoms with E-state index < -0.39 is 22.0 Å². The second-order valence-electron chi connectivity index (χ2n) is 7.27. The van der Waals surface area contributed by atoms with Crippen LogP contribution in [0.15, 0.2) is 54.6 Å². The SMILES string of the molecule is CCNC(=O)[C@H](Cc1ccccc1)N(Cc1ccc(Cl)cc1)C(=O)CN(C)S(C)(=O)=O. The van der Waals surface area contributed by atoms with E-state index in [-0.39, 0.29) is 19.0 Å². The molecule has 0 spiro atoms. The number of nitrogens with zero attached hydrogens (tertiary/aromatic N) is 2. The van der Waals surface area contributed by atoms with Crippen LogP contribution in [-0.4, -0.2) is 61.9 Å². The van der Waals surface area contributed by atoms with E-state index in [0.717, 1.165) is 21.7 Å². The molecule has 0 aromatic heterocycles. The number of carbonyl (C=O) groups excluding carboxylic acids is 2. The fraction of sp³-hybridized carbons (Fsp3) is 0.364. The average Bonchev–Trinajstić information content (AvgIpc) is 2.72. The highest BCUT2D eigenvalue weighted by molar-refractivity contribution is 7.88. The van der Waals surface area contributed by atoms with Crippen LogP contribution in [0.3, 0.4) is 0 Å². The molecule has 0 aliphatic rings. The molecule has 31 heavy (non-hydrogen) atoms. The van der Waals surface area contributed by atoms with Gasteiger partial charge in [-0.3, -0.25) is 9.59 Å². The lowest BCUT2D eigenvalue weighted by molar-refractivity contribution is -0.141. The molecule has 0 fully saturated rings. The zero-order chi connectivity index (χ0) is 23.0. The number of likely N-dealkylation sites (N-methyl/N-ethyl adjacent to an activating group) is 2. The van der Waals surface area contributed by atoms with Gasteiger partial charge in [-0.05, 0) is 30.2 Å².